The highest BCUT2D eigenvalue weighted by Gasteiger charge is 2.21. The molecule has 0 bridgehead atoms. The Balaban J connectivity index is 1.70. The largest absolute Gasteiger partial charge is 0.491 e. The van der Waals surface area contributed by atoms with Crippen molar-refractivity contribution < 1.29 is 9.84 Å². The van der Waals surface area contributed by atoms with Gasteiger partial charge >= 0.3 is 0 Å². The fraction of sp³-hybridized carbons (Fsp3) is 0.667. The maximum Gasteiger partial charge on any atom is 0.122 e. The number of aliphatic hydroxyl groups is 1. The number of hydrogen-bond donors (Lipinski definition) is 2. The van der Waals surface area contributed by atoms with Gasteiger partial charge in [0.25, 0.3) is 0 Å². The van der Waals surface area contributed by atoms with E-state index in [4.69, 9.17) is 4.74 Å². The highest BCUT2D eigenvalue weighted by atomic mass is 16.5. The van der Waals surface area contributed by atoms with Gasteiger partial charge in [-0.25, -0.2) is 0 Å². The van der Waals surface area contributed by atoms with E-state index >= 15 is 0 Å². The molecule has 118 valence electrons. The molecule has 1 fully saturated rings. The molecule has 0 aromatic heterocycles. The molecule has 0 spiro atoms. The van der Waals surface area contributed by atoms with E-state index in [0.29, 0.717) is 19.2 Å². The third-order valence-electron chi connectivity index (χ3n) is 4.54. The summed E-state index contributed by atoms with van der Waals surface area (Å²) in [6.45, 7) is 7.28. The van der Waals surface area contributed by atoms with Crippen LogP contribution < -0.4 is 10.1 Å². The van der Waals surface area contributed by atoms with E-state index < -0.39 is 6.10 Å². The molecule has 3 heteroatoms. The Labute approximate surface area is 128 Å². The van der Waals surface area contributed by atoms with Crippen LogP contribution in [0.5, 0.6) is 5.75 Å². The third kappa shape index (κ3) is 5.01. The van der Waals surface area contributed by atoms with Crippen LogP contribution in [0.1, 0.15) is 43.7 Å². The maximum absolute atomic E-state index is 10.1. The van der Waals surface area contributed by atoms with Gasteiger partial charge in [-0.05, 0) is 51.2 Å². The summed E-state index contributed by atoms with van der Waals surface area (Å²) >= 11 is 0. The molecular weight excluding hydrogens is 262 g/mol. The van der Waals surface area contributed by atoms with Crippen LogP contribution in [0, 0.1) is 19.8 Å². The summed E-state index contributed by atoms with van der Waals surface area (Å²) in [5.74, 6) is 1.64. The van der Waals surface area contributed by atoms with Gasteiger partial charge in [0.05, 0.1) is 0 Å². The minimum absolute atomic E-state index is 0.342. The predicted molar refractivity (Wildman–Crippen MR) is 86.8 cm³/mol. The summed E-state index contributed by atoms with van der Waals surface area (Å²) in [6, 6.07) is 6.60. The molecule has 0 saturated heterocycles. The van der Waals surface area contributed by atoms with Gasteiger partial charge in [0.15, 0.2) is 0 Å². The van der Waals surface area contributed by atoms with Crippen LogP contribution in [0.15, 0.2) is 18.2 Å². The highest BCUT2D eigenvalue weighted by Crippen LogP contribution is 2.27. The minimum Gasteiger partial charge on any atom is -0.491 e. The van der Waals surface area contributed by atoms with E-state index in [0.717, 1.165) is 17.2 Å². The fourth-order valence-corrected chi connectivity index (χ4v) is 3.15. The van der Waals surface area contributed by atoms with Crippen LogP contribution in [0.2, 0.25) is 0 Å². The van der Waals surface area contributed by atoms with E-state index in [1.807, 2.05) is 19.1 Å². The Kier molecular flexibility index (Phi) is 6.07. The Bertz CT molecular complexity index is 441. The molecule has 1 aliphatic carbocycles. The van der Waals surface area contributed by atoms with Crippen molar-refractivity contribution in [2.24, 2.45) is 5.92 Å². The van der Waals surface area contributed by atoms with Gasteiger partial charge in [0.1, 0.15) is 18.5 Å². The Morgan fingerprint density at radius 1 is 1.29 bits per heavy atom. The standard InChI is InChI=1S/C18H29NO2/c1-13-8-9-18(14(2)10-13)21-12-17(20)11-19-15(3)16-6-4-5-7-16/h8-10,15-17,19-20H,4-7,11-12H2,1-3H3. The van der Waals surface area contributed by atoms with Crippen LogP contribution in [-0.2, 0) is 0 Å². The molecule has 2 N–H and O–H groups in total. The van der Waals surface area contributed by atoms with Crippen molar-refractivity contribution in [1.29, 1.82) is 0 Å². The molecule has 1 aromatic rings. The lowest BCUT2D eigenvalue weighted by Crippen LogP contribution is -2.39. The summed E-state index contributed by atoms with van der Waals surface area (Å²) in [6.07, 6.45) is 4.89. The molecule has 2 atom stereocenters. The molecule has 0 aliphatic heterocycles. The first-order valence-electron chi connectivity index (χ1n) is 8.17. The van der Waals surface area contributed by atoms with Crippen molar-refractivity contribution in [3.8, 4) is 5.75 Å². The zero-order chi connectivity index (χ0) is 15.2. The lowest BCUT2D eigenvalue weighted by atomic mass is 10.00. The second-order valence-corrected chi connectivity index (χ2v) is 6.48. The minimum atomic E-state index is -0.463. The molecule has 2 rings (SSSR count). The third-order valence-corrected chi connectivity index (χ3v) is 4.54. The molecule has 3 nitrogen and oxygen atoms in total. The first kappa shape index (κ1) is 16.3. The molecule has 1 aliphatic rings. The Morgan fingerprint density at radius 3 is 2.67 bits per heavy atom. The van der Waals surface area contributed by atoms with E-state index in [2.05, 4.69) is 25.2 Å². The highest BCUT2D eigenvalue weighted by molar-refractivity contribution is 5.35. The van der Waals surface area contributed by atoms with Crippen LogP contribution in [0.25, 0.3) is 0 Å². The summed E-state index contributed by atoms with van der Waals surface area (Å²) in [5.41, 5.74) is 2.35. The van der Waals surface area contributed by atoms with Crippen molar-refractivity contribution in [2.75, 3.05) is 13.2 Å². The Hall–Kier alpha value is -1.06. The van der Waals surface area contributed by atoms with E-state index in [1.165, 1.54) is 31.2 Å². The summed E-state index contributed by atoms with van der Waals surface area (Å²) in [4.78, 5) is 0. The summed E-state index contributed by atoms with van der Waals surface area (Å²) in [7, 11) is 0. The topological polar surface area (TPSA) is 41.5 Å². The van der Waals surface area contributed by atoms with Gasteiger partial charge in [-0.3, -0.25) is 0 Å². The normalized spacial score (nSPS) is 18.7. The van der Waals surface area contributed by atoms with Crippen LogP contribution in [-0.4, -0.2) is 30.4 Å². The number of aliphatic hydroxyl groups excluding tert-OH is 1. The van der Waals surface area contributed by atoms with E-state index in [1.54, 1.807) is 0 Å². The molecule has 1 saturated carbocycles. The van der Waals surface area contributed by atoms with Gasteiger partial charge < -0.3 is 15.2 Å². The number of aryl methyl sites for hydroxylation is 2. The maximum atomic E-state index is 10.1. The summed E-state index contributed by atoms with van der Waals surface area (Å²) < 4.78 is 5.72. The zero-order valence-electron chi connectivity index (χ0n) is 13.6. The quantitative estimate of drug-likeness (QED) is 0.810. The smallest absolute Gasteiger partial charge is 0.122 e. The molecule has 21 heavy (non-hydrogen) atoms. The first-order chi connectivity index (χ1) is 10.1. The number of hydrogen-bond acceptors (Lipinski definition) is 3. The average molecular weight is 291 g/mol. The zero-order valence-corrected chi connectivity index (χ0v) is 13.6. The second-order valence-electron chi connectivity index (χ2n) is 6.48. The lowest BCUT2D eigenvalue weighted by Gasteiger charge is -2.22. The van der Waals surface area contributed by atoms with Crippen molar-refractivity contribution >= 4 is 0 Å². The number of benzene rings is 1. The molecule has 0 heterocycles. The fourth-order valence-electron chi connectivity index (χ4n) is 3.15. The number of rotatable bonds is 7. The average Bonchev–Trinajstić information content (AvgIpc) is 2.98. The van der Waals surface area contributed by atoms with E-state index in [-0.39, 0.29) is 0 Å². The van der Waals surface area contributed by atoms with Gasteiger partial charge in [-0.1, -0.05) is 30.5 Å². The van der Waals surface area contributed by atoms with Crippen molar-refractivity contribution in [3.63, 3.8) is 0 Å². The van der Waals surface area contributed by atoms with Gasteiger partial charge in [0, 0.05) is 12.6 Å². The molecule has 2 unspecified atom stereocenters. The van der Waals surface area contributed by atoms with Crippen LogP contribution in [0.4, 0.5) is 0 Å². The molecular formula is C18H29NO2. The molecule has 1 aromatic carbocycles. The molecule has 0 amide bonds. The number of ether oxygens (including phenoxy) is 1. The van der Waals surface area contributed by atoms with Crippen LogP contribution >= 0.6 is 0 Å². The SMILES string of the molecule is Cc1ccc(OCC(O)CNC(C)C2CCCC2)c(C)c1. The van der Waals surface area contributed by atoms with Crippen molar-refractivity contribution in [1.82, 2.24) is 5.32 Å². The van der Waals surface area contributed by atoms with Gasteiger partial charge in [0.2, 0.25) is 0 Å². The lowest BCUT2D eigenvalue weighted by molar-refractivity contribution is 0.101. The molecule has 0 radical (unpaired) electrons. The Morgan fingerprint density at radius 2 is 2.00 bits per heavy atom. The second kappa shape index (κ2) is 7.81. The summed E-state index contributed by atoms with van der Waals surface area (Å²) in [5, 5.41) is 13.5. The number of nitrogens with one attached hydrogen (secondary N) is 1. The van der Waals surface area contributed by atoms with Gasteiger partial charge in [-0.15, -0.1) is 0 Å². The predicted octanol–water partition coefficient (Wildman–Crippen LogP) is 3.21. The van der Waals surface area contributed by atoms with Crippen LogP contribution in [0.3, 0.4) is 0 Å². The monoisotopic (exact) mass is 291 g/mol. The first-order valence-corrected chi connectivity index (χ1v) is 8.17. The van der Waals surface area contributed by atoms with E-state index in [9.17, 15) is 5.11 Å². The van der Waals surface area contributed by atoms with Crippen molar-refractivity contribution in [3.05, 3.63) is 29.3 Å². The van der Waals surface area contributed by atoms with Gasteiger partial charge in [-0.2, -0.15) is 0 Å². The van der Waals surface area contributed by atoms with Crippen molar-refractivity contribution in [2.45, 2.75) is 58.6 Å².